The van der Waals surface area contributed by atoms with Crippen molar-refractivity contribution < 1.29 is 9.53 Å². The molecule has 0 unspecified atom stereocenters. The Hall–Kier alpha value is -2.18. The molecule has 1 aromatic heterocycles. The van der Waals surface area contributed by atoms with Gasteiger partial charge in [0.15, 0.2) is 0 Å². The lowest BCUT2D eigenvalue weighted by Gasteiger charge is -2.35. The van der Waals surface area contributed by atoms with Crippen molar-refractivity contribution in [3.05, 3.63) is 54.1 Å². The van der Waals surface area contributed by atoms with Gasteiger partial charge in [-0.2, -0.15) is 0 Å². The molecule has 4 rings (SSSR count). The van der Waals surface area contributed by atoms with Gasteiger partial charge in [0.1, 0.15) is 5.69 Å². The molecule has 6 nitrogen and oxygen atoms in total. The van der Waals surface area contributed by atoms with Gasteiger partial charge in [0.25, 0.3) is 5.91 Å². The fraction of sp³-hybridized carbons (Fsp3) is 0.444. The van der Waals surface area contributed by atoms with Crippen molar-refractivity contribution >= 4 is 5.91 Å². The number of nitrogens with zero attached hydrogens (tertiary/aromatic N) is 3. The summed E-state index contributed by atoms with van der Waals surface area (Å²) in [6, 6.07) is 10.9. The number of aromatic nitrogens is 2. The second-order valence-electron chi connectivity index (χ2n) is 6.67. The average molecular weight is 326 g/mol. The maximum absolute atomic E-state index is 12.3. The Bertz CT molecular complexity index is 715. The Morgan fingerprint density at radius 3 is 2.88 bits per heavy atom. The number of ether oxygens (including phenoxy) is 1. The molecule has 24 heavy (non-hydrogen) atoms. The highest BCUT2D eigenvalue weighted by Crippen LogP contribution is 2.30. The first-order valence-corrected chi connectivity index (χ1v) is 8.38. The van der Waals surface area contributed by atoms with Crippen LogP contribution in [0.25, 0.3) is 0 Å². The van der Waals surface area contributed by atoms with E-state index in [9.17, 15) is 4.79 Å². The molecule has 1 aromatic carbocycles. The van der Waals surface area contributed by atoms with Gasteiger partial charge in [-0.1, -0.05) is 30.3 Å². The third kappa shape index (κ3) is 3.07. The van der Waals surface area contributed by atoms with E-state index in [-0.39, 0.29) is 18.1 Å². The normalized spacial score (nSPS) is 27.0. The van der Waals surface area contributed by atoms with Crippen LogP contribution in [-0.4, -0.2) is 52.1 Å². The van der Waals surface area contributed by atoms with Crippen molar-refractivity contribution in [2.45, 2.75) is 24.6 Å². The number of benzene rings is 1. The summed E-state index contributed by atoms with van der Waals surface area (Å²) < 4.78 is 7.83. The number of aryl methyl sites for hydroxylation is 1. The van der Waals surface area contributed by atoms with Gasteiger partial charge in [-0.05, 0) is 12.0 Å². The molecule has 6 heteroatoms. The number of carbonyl (C=O) groups is 1. The number of carbonyl (C=O) groups excluding carboxylic acids is 1. The van der Waals surface area contributed by atoms with Crippen LogP contribution in [-0.2, 0) is 11.8 Å². The van der Waals surface area contributed by atoms with E-state index in [2.05, 4.69) is 27.3 Å². The SMILES string of the molecule is Cn1cnc(C(=O)N[C@@H]2C[C@H]3CO[C@@H](c4ccccc4)CN3C2)c1. The molecule has 0 bridgehead atoms. The van der Waals surface area contributed by atoms with E-state index >= 15 is 0 Å². The summed E-state index contributed by atoms with van der Waals surface area (Å²) in [5.74, 6) is -0.0963. The van der Waals surface area contributed by atoms with E-state index in [1.807, 2.05) is 25.2 Å². The summed E-state index contributed by atoms with van der Waals surface area (Å²) in [5.41, 5.74) is 1.69. The van der Waals surface area contributed by atoms with Crippen LogP contribution >= 0.6 is 0 Å². The van der Waals surface area contributed by atoms with Crippen LogP contribution in [0.2, 0.25) is 0 Å². The van der Waals surface area contributed by atoms with Gasteiger partial charge >= 0.3 is 0 Å². The van der Waals surface area contributed by atoms with Gasteiger partial charge in [0.05, 0.1) is 19.0 Å². The van der Waals surface area contributed by atoms with Crippen molar-refractivity contribution in [2.24, 2.45) is 7.05 Å². The molecule has 2 fully saturated rings. The molecule has 1 amide bonds. The third-order valence-electron chi connectivity index (χ3n) is 4.86. The van der Waals surface area contributed by atoms with Crippen LogP contribution in [0.15, 0.2) is 42.9 Å². The van der Waals surface area contributed by atoms with E-state index in [1.165, 1.54) is 5.56 Å². The summed E-state index contributed by atoms with van der Waals surface area (Å²) >= 11 is 0. The summed E-state index contributed by atoms with van der Waals surface area (Å²) in [4.78, 5) is 18.8. The summed E-state index contributed by atoms with van der Waals surface area (Å²) in [5, 5.41) is 3.11. The maximum atomic E-state index is 12.3. The van der Waals surface area contributed by atoms with Crippen LogP contribution < -0.4 is 5.32 Å². The van der Waals surface area contributed by atoms with Crippen LogP contribution in [0.4, 0.5) is 0 Å². The fourth-order valence-corrected chi connectivity index (χ4v) is 3.64. The van der Waals surface area contributed by atoms with Gasteiger partial charge in [-0.3, -0.25) is 9.69 Å². The summed E-state index contributed by atoms with van der Waals surface area (Å²) in [7, 11) is 1.86. The number of hydrogen-bond donors (Lipinski definition) is 1. The minimum Gasteiger partial charge on any atom is -0.371 e. The van der Waals surface area contributed by atoms with E-state index in [1.54, 1.807) is 17.1 Å². The van der Waals surface area contributed by atoms with Gasteiger partial charge in [-0.25, -0.2) is 4.98 Å². The number of amides is 1. The number of hydrogen-bond acceptors (Lipinski definition) is 4. The van der Waals surface area contributed by atoms with Crippen molar-refractivity contribution in [3.63, 3.8) is 0 Å². The number of fused-ring (bicyclic) bond motifs is 1. The topological polar surface area (TPSA) is 59.4 Å². The van der Waals surface area contributed by atoms with E-state index in [0.29, 0.717) is 11.7 Å². The van der Waals surface area contributed by atoms with E-state index < -0.39 is 0 Å². The molecule has 0 saturated carbocycles. The molecule has 2 aliphatic rings. The van der Waals surface area contributed by atoms with Crippen LogP contribution in [0.1, 0.15) is 28.6 Å². The van der Waals surface area contributed by atoms with Crippen LogP contribution in [0, 0.1) is 0 Å². The predicted molar refractivity (Wildman–Crippen MR) is 89.6 cm³/mol. The molecular weight excluding hydrogens is 304 g/mol. The molecule has 126 valence electrons. The Balaban J connectivity index is 1.37. The molecule has 0 spiro atoms. The minimum absolute atomic E-state index is 0.0963. The highest BCUT2D eigenvalue weighted by atomic mass is 16.5. The van der Waals surface area contributed by atoms with Crippen molar-refractivity contribution in [3.8, 4) is 0 Å². The molecule has 3 atom stereocenters. The zero-order chi connectivity index (χ0) is 16.5. The lowest BCUT2D eigenvalue weighted by atomic mass is 10.1. The molecule has 0 aliphatic carbocycles. The minimum atomic E-state index is -0.0963. The third-order valence-corrected chi connectivity index (χ3v) is 4.86. The Morgan fingerprint density at radius 1 is 1.29 bits per heavy atom. The Morgan fingerprint density at radius 2 is 2.12 bits per heavy atom. The fourth-order valence-electron chi connectivity index (χ4n) is 3.64. The summed E-state index contributed by atoms with van der Waals surface area (Å²) in [6.07, 6.45) is 4.44. The van der Waals surface area contributed by atoms with Gasteiger partial charge < -0.3 is 14.6 Å². The number of nitrogens with one attached hydrogen (secondary N) is 1. The Labute approximate surface area is 141 Å². The number of imidazole rings is 1. The second-order valence-corrected chi connectivity index (χ2v) is 6.67. The number of morpholine rings is 1. The van der Waals surface area contributed by atoms with Gasteiger partial charge in [0, 0.05) is 38.4 Å². The first-order valence-electron chi connectivity index (χ1n) is 8.38. The molecule has 0 radical (unpaired) electrons. The maximum Gasteiger partial charge on any atom is 0.271 e. The van der Waals surface area contributed by atoms with Crippen LogP contribution in [0.3, 0.4) is 0 Å². The van der Waals surface area contributed by atoms with Gasteiger partial charge in [0.2, 0.25) is 0 Å². The first kappa shape index (κ1) is 15.4. The zero-order valence-electron chi connectivity index (χ0n) is 13.8. The smallest absolute Gasteiger partial charge is 0.271 e. The predicted octanol–water partition coefficient (Wildman–Crippen LogP) is 1.36. The second kappa shape index (κ2) is 6.37. The molecule has 2 saturated heterocycles. The lowest BCUT2D eigenvalue weighted by molar-refractivity contribution is -0.0502. The monoisotopic (exact) mass is 326 g/mol. The van der Waals surface area contributed by atoms with E-state index in [0.717, 1.165) is 26.1 Å². The average Bonchev–Trinajstić information content (AvgIpc) is 3.20. The molecule has 2 aliphatic heterocycles. The first-order chi connectivity index (χ1) is 11.7. The van der Waals surface area contributed by atoms with E-state index in [4.69, 9.17) is 4.74 Å². The Kier molecular flexibility index (Phi) is 4.08. The highest BCUT2D eigenvalue weighted by molar-refractivity contribution is 5.92. The molecule has 3 heterocycles. The zero-order valence-corrected chi connectivity index (χ0v) is 13.8. The van der Waals surface area contributed by atoms with Crippen molar-refractivity contribution in [1.82, 2.24) is 19.8 Å². The van der Waals surface area contributed by atoms with Gasteiger partial charge in [-0.15, -0.1) is 0 Å². The molecular formula is C18H22N4O2. The van der Waals surface area contributed by atoms with Crippen molar-refractivity contribution in [2.75, 3.05) is 19.7 Å². The summed E-state index contributed by atoms with van der Waals surface area (Å²) in [6.45, 7) is 2.47. The standard InChI is InChI=1S/C18H22N4O2/c1-21-9-16(19-12-21)18(23)20-14-7-15-11-24-17(10-22(15)8-14)13-5-3-2-4-6-13/h2-6,9,12,14-15,17H,7-8,10-11H2,1H3,(H,20,23)/t14-,15+,17-/m1/s1. The quantitative estimate of drug-likeness (QED) is 0.925. The molecule has 1 N–H and O–H groups in total. The van der Waals surface area contributed by atoms with Crippen LogP contribution in [0.5, 0.6) is 0 Å². The largest absolute Gasteiger partial charge is 0.371 e. The highest BCUT2D eigenvalue weighted by Gasteiger charge is 2.38. The van der Waals surface area contributed by atoms with Crippen molar-refractivity contribution in [1.29, 1.82) is 0 Å². The lowest BCUT2D eigenvalue weighted by Crippen LogP contribution is -2.43. The molecule has 2 aromatic rings. The number of rotatable bonds is 3.